The summed E-state index contributed by atoms with van der Waals surface area (Å²) in [5, 5.41) is 1.61. The molecule has 0 saturated carbocycles. The fourth-order valence-corrected chi connectivity index (χ4v) is 2.89. The molecule has 0 aromatic heterocycles. The molecule has 2 unspecified atom stereocenters. The SMILES string of the molecule is CC1COC(CBr)CN1C(=O)c1ccc(Cl)cc1Cl. The lowest BCUT2D eigenvalue weighted by Crippen LogP contribution is -2.51. The number of benzene rings is 1. The molecule has 2 rings (SSSR count). The molecule has 3 nitrogen and oxygen atoms in total. The molecule has 1 aromatic carbocycles. The van der Waals surface area contributed by atoms with Gasteiger partial charge in [0.15, 0.2) is 0 Å². The van der Waals surface area contributed by atoms with E-state index in [2.05, 4.69) is 15.9 Å². The highest BCUT2D eigenvalue weighted by Crippen LogP contribution is 2.24. The van der Waals surface area contributed by atoms with Gasteiger partial charge in [0.1, 0.15) is 0 Å². The molecule has 0 bridgehead atoms. The summed E-state index contributed by atoms with van der Waals surface area (Å²) < 4.78 is 5.61. The number of hydrogen-bond donors (Lipinski definition) is 0. The fraction of sp³-hybridized carbons (Fsp3) is 0.462. The van der Waals surface area contributed by atoms with Crippen molar-refractivity contribution in [3.8, 4) is 0 Å². The van der Waals surface area contributed by atoms with Gasteiger partial charge in [-0.05, 0) is 25.1 Å². The molecular formula is C13H14BrCl2NO2. The van der Waals surface area contributed by atoms with Gasteiger partial charge in [0.2, 0.25) is 0 Å². The van der Waals surface area contributed by atoms with Gasteiger partial charge < -0.3 is 9.64 Å². The van der Waals surface area contributed by atoms with Gasteiger partial charge in [0.25, 0.3) is 5.91 Å². The summed E-state index contributed by atoms with van der Waals surface area (Å²) in [5.41, 5.74) is 0.480. The molecule has 1 aliphatic heterocycles. The van der Waals surface area contributed by atoms with Gasteiger partial charge in [0.05, 0.1) is 29.3 Å². The summed E-state index contributed by atoms with van der Waals surface area (Å²) in [6.07, 6.45) is 0.0197. The highest BCUT2D eigenvalue weighted by Gasteiger charge is 2.30. The van der Waals surface area contributed by atoms with E-state index in [4.69, 9.17) is 27.9 Å². The Kier molecular flexibility index (Phi) is 5.12. The third-order valence-corrected chi connectivity index (χ3v) is 4.37. The number of ether oxygens (including phenoxy) is 1. The predicted molar refractivity (Wildman–Crippen MR) is 80.5 cm³/mol. The number of amides is 1. The summed E-state index contributed by atoms with van der Waals surface area (Å²) >= 11 is 15.3. The Hall–Kier alpha value is -0.290. The van der Waals surface area contributed by atoms with Gasteiger partial charge in [-0.25, -0.2) is 0 Å². The van der Waals surface area contributed by atoms with E-state index in [1.54, 1.807) is 23.1 Å². The number of carbonyl (C=O) groups excluding carboxylic acids is 1. The van der Waals surface area contributed by atoms with E-state index in [0.29, 0.717) is 34.1 Å². The number of halogens is 3. The molecule has 1 heterocycles. The maximum absolute atomic E-state index is 12.5. The van der Waals surface area contributed by atoms with Crippen LogP contribution in [0, 0.1) is 0 Å². The molecule has 1 fully saturated rings. The molecule has 0 spiro atoms. The van der Waals surface area contributed by atoms with E-state index in [9.17, 15) is 4.79 Å². The minimum Gasteiger partial charge on any atom is -0.373 e. The molecule has 1 saturated heterocycles. The third-order valence-electron chi connectivity index (χ3n) is 3.10. The average Bonchev–Trinajstić information content (AvgIpc) is 2.38. The van der Waals surface area contributed by atoms with Crippen molar-refractivity contribution in [1.29, 1.82) is 0 Å². The molecule has 0 radical (unpaired) electrons. The van der Waals surface area contributed by atoms with Crippen molar-refractivity contribution in [1.82, 2.24) is 4.90 Å². The minimum absolute atomic E-state index is 0.0197. The summed E-state index contributed by atoms with van der Waals surface area (Å²) in [6.45, 7) is 3.06. The quantitative estimate of drug-likeness (QED) is 0.748. The zero-order valence-electron chi connectivity index (χ0n) is 10.4. The van der Waals surface area contributed by atoms with Crippen LogP contribution in [0.4, 0.5) is 0 Å². The minimum atomic E-state index is -0.0802. The summed E-state index contributed by atoms with van der Waals surface area (Å²) in [6, 6.07) is 4.96. The number of hydrogen-bond acceptors (Lipinski definition) is 2. The normalized spacial score (nSPS) is 23.5. The third kappa shape index (κ3) is 3.43. The van der Waals surface area contributed by atoms with Crippen molar-refractivity contribution in [2.24, 2.45) is 0 Å². The lowest BCUT2D eigenvalue weighted by atomic mass is 10.1. The van der Waals surface area contributed by atoms with Crippen LogP contribution in [-0.4, -0.2) is 41.4 Å². The largest absolute Gasteiger partial charge is 0.373 e. The molecule has 2 atom stereocenters. The molecule has 1 aliphatic rings. The van der Waals surface area contributed by atoms with Gasteiger partial charge >= 0.3 is 0 Å². The maximum atomic E-state index is 12.5. The maximum Gasteiger partial charge on any atom is 0.255 e. The van der Waals surface area contributed by atoms with Crippen LogP contribution in [-0.2, 0) is 4.74 Å². The predicted octanol–water partition coefficient (Wildman–Crippen LogP) is 3.62. The first-order chi connectivity index (χ1) is 9.02. The Bertz CT molecular complexity index is 484. The zero-order valence-corrected chi connectivity index (χ0v) is 13.5. The standard InChI is InChI=1S/C13H14BrCl2NO2/c1-8-7-19-10(5-14)6-17(8)13(18)11-3-2-9(15)4-12(11)16/h2-4,8,10H,5-7H2,1H3. The Morgan fingerprint density at radius 1 is 1.53 bits per heavy atom. The average molecular weight is 367 g/mol. The van der Waals surface area contributed by atoms with E-state index >= 15 is 0 Å². The van der Waals surface area contributed by atoms with Gasteiger partial charge in [-0.15, -0.1) is 0 Å². The Labute approximate surface area is 130 Å². The van der Waals surface area contributed by atoms with Crippen molar-refractivity contribution in [3.05, 3.63) is 33.8 Å². The van der Waals surface area contributed by atoms with Gasteiger partial charge in [-0.3, -0.25) is 4.79 Å². The topological polar surface area (TPSA) is 29.5 Å². The molecule has 104 valence electrons. The Morgan fingerprint density at radius 3 is 2.89 bits per heavy atom. The first-order valence-electron chi connectivity index (χ1n) is 5.96. The van der Waals surface area contributed by atoms with Crippen LogP contribution in [0.5, 0.6) is 0 Å². The van der Waals surface area contributed by atoms with Crippen molar-refractivity contribution in [2.45, 2.75) is 19.1 Å². The number of alkyl halides is 1. The van der Waals surface area contributed by atoms with Crippen LogP contribution < -0.4 is 0 Å². The molecule has 0 N–H and O–H groups in total. The second-order valence-electron chi connectivity index (χ2n) is 4.54. The van der Waals surface area contributed by atoms with Gasteiger partial charge in [-0.1, -0.05) is 39.1 Å². The summed E-state index contributed by atoms with van der Waals surface area (Å²) in [5.74, 6) is -0.0802. The highest BCUT2D eigenvalue weighted by atomic mass is 79.9. The van der Waals surface area contributed by atoms with E-state index in [1.807, 2.05) is 6.92 Å². The van der Waals surface area contributed by atoms with Crippen LogP contribution >= 0.6 is 39.1 Å². The van der Waals surface area contributed by atoms with Crippen molar-refractivity contribution < 1.29 is 9.53 Å². The first kappa shape index (κ1) is 15.1. The van der Waals surface area contributed by atoms with Gasteiger partial charge in [-0.2, -0.15) is 0 Å². The zero-order chi connectivity index (χ0) is 14.0. The lowest BCUT2D eigenvalue weighted by molar-refractivity contribution is -0.0361. The van der Waals surface area contributed by atoms with E-state index in [-0.39, 0.29) is 18.1 Å². The van der Waals surface area contributed by atoms with E-state index in [0.717, 1.165) is 0 Å². The fourth-order valence-electron chi connectivity index (χ4n) is 2.01. The van der Waals surface area contributed by atoms with Crippen molar-refractivity contribution in [2.75, 3.05) is 18.5 Å². The number of morpholine rings is 1. The lowest BCUT2D eigenvalue weighted by Gasteiger charge is -2.37. The summed E-state index contributed by atoms with van der Waals surface area (Å²) in [7, 11) is 0. The van der Waals surface area contributed by atoms with Crippen LogP contribution in [0.3, 0.4) is 0 Å². The van der Waals surface area contributed by atoms with Crippen LogP contribution in [0.15, 0.2) is 18.2 Å². The molecule has 6 heteroatoms. The van der Waals surface area contributed by atoms with Crippen LogP contribution in [0.1, 0.15) is 17.3 Å². The van der Waals surface area contributed by atoms with Crippen LogP contribution in [0.2, 0.25) is 10.0 Å². The first-order valence-corrected chi connectivity index (χ1v) is 7.84. The Balaban J connectivity index is 2.22. The monoisotopic (exact) mass is 365 g/mol. The second-order valence-corrected chi connectivity index (χ2v) is 6.03. The molecule has 19 heavy (non-hydrogen) atoms. The molecular weight excluding hydrogens is 353 g/mol. The van der Waals surface area contributed by atoms with E-state index < -0.39 is 0 Å². The van der Waals surface area contributed by atoms with E-state index in [1.165, 1.54) is 0 Å². The molecule has 0 aliphatic carbocycles. The molecule has 1 amide bonds. The van der Waals surface area contributed by atoms with Crippen molar-refractivity contribution in [3.63, 3.8) is 0 Å². The smallest absolute Gasteiger partial charge is 0.255 e. The number of rotatable bonds is 2. The Morgan fingerprint density at radius 2 is 2.26 bits per heavy atom. The molecule has 1 aromatic rings. The summed E-state index contributed by atoms with van der Waals surface area (Å²) in [4.78, 5) is 14.3. The van der Waals surface area contributed by atoms with Gasteiger partial charge in [0, 0.05) is 16.9 Å². The number of nitrogens with zero attached hydrogens (tertiary/aromatic N) is 1. The second kappa shape index (κ2) is 6.44. The number of carbonyl (C=O) groups is 1. The highest BCUT2D eigenvalue weighted by molar-refractivity contribution is 9.09. The van der Waals surface area contributed by atoms with Crippen molar-refractivity contribution >= 4 is 45.0 Å². The van der Waals surface area contributed by atoms with Crippen LogP contribution in [0.25, 0.3) is 0 Å².